The first-order chi connectivity index (χ1) is 7.89. The molecule has 1 heterocycles. The van der Waals surface area contributed by atoms with Gasteiger partial charge in [-0.2, -0.15) is 17.0 Å². The molecule has 5 nitrogen and oxygen atoms in total. The molecule has 1 aliphatic heterocycles. The molecule has 1 rings (SSSR count). The smallest absolute Gasteiger partial charge is 0.282 e. The summed E-state index contributed by atoms with van der Waals surface area (Å²) < 4.78 is 27.7. The largest absolute Gasteiger partial charge is 0.392 e. The van der Waals surface area contributed by atoms with E-state index in [4.69, 9.17) is 18.0 Å². The molecule has 17 heavy (non-hydrogen) atoms. The number of hydrogen-bond acceptors (Lipinski definition) is 3. The lowest BCUT2D eigenvalue weighted by molar-refractivity contribution is 0.249. The molecule has 0 spiro atoms. The summed E-state index contributed by atoms with van der Waals surface area (Å²) in [6.45, 7) is 4.85. The van der Waals surface area contributed by atoms with Crippen LogP contribution >= 0.6 is 12.2 Å². The Labute approximate surface area is 109 Å². The Morgan fingerprint density at radius 2 is 2.18 bits per heavy atom. The predicted octanol–water partition coefficient (Wildman–Crippen LogP) is 0.714. The Hall–Kier alpha value is -0.240. The summed E-state index contributed by atoms with van der Waals surface area (Å²) in [6.07, 6.45) is 2.94. The van der Waals surface area contributed by atoms with Crippen LogP contribution in [0.1, 0.15) is 33.1 Å². The van der Waals surface area contributed by atoms with Crippen LogP contribution in [0.15, 0.2) is 0 Å². The SMILES string of the molecule is CCN(CC(N)=S)S(=O)(=O)N1CCCCC1C. The second-order valence-corrected chi connectivity index (χ2v) is 6.76. The van der Waals surface area contributed by atoms with Crippen LogP contribution in [0.25, 0.3) is 0 Å². The van der Waals surface area contributed by atoms with Crippen molar-refractivity contribution in [2.45, 2.75) is 39.2 Å². The lowest BCUT2D eigenvalue weighted by Crippen LogP contribution is -2.51. The summed E-state index contributed by atoms with van der Waals surface area (Å²) in [5.41, 5.74) is 5.44. The van der Waals surface area contributed by atoms with Crippen molar-refractivity contribution in [1.82, 2.24) is 8.61 Å². The Kier molecular flexibility index (Phi) is 5.30. The van der Waals surface area contributed by atoms with Crippen molar-refractivity contribution < 1.29 is 8.42 Å². The van der Waals surface area contributed by atoms with Crippen molar-refractivity contribution in [3.8, 4) is 0 Å². The van der Waals surface area contributed by atoms with Gasteiger partial charge in [-0.1, -0.05) is 25.6 Å². The minimum absolute atomic E-state index is 0.0640. The van der Waals surface area contributed by atoms with E-state index in [2.05, 4.69) is 0 Å². The number of piperidine rings is 1. The predicted molar refractivity (Wildman–Crippen MR) is 73.0 cm³/mol. The molecule has 0 aromatic rings. The first-order valence-electron chi connectivity index (χ1n) is 5.94. The molecule has 0 aromatic carbocycles. The molecule has 1 atom stereocenters. The summed E-state index contributed by atoms with van der Waals surface area (Å²) in [6, 6.07) is 0.0640. The standard InChI is InChI=1S/C10H21N3O2S2/c1-3-12(8-10(11)16)17(14,15)13-7-5-4-6-9(13)2/h9H,3-8H2,1-2H3,(H2,11,16). The number of likely N-dealkylation sites (N-methyl/N-ethyl adjacent to an activating group) is 1. The molecule has 7 heteroatoms. The summed E-state index contributed by atoms with van der Waals surface area (Å²) in [4.78, 5) is 0.208. The topological polar surface area (TPSA) is 66.6 Å². The number of nitrogens with zero attached hydrogens (tertiary/aromatic N) is 2. The maximum absolute atomic E-state index is 12.4. The van der Waals surface area contributed by atoms with E-state index in [0.29, 0.717) is 13.1 Å². The summed E-state index contributed by atoms with van der Waals surface area (Å²) in [5, 5.41) is 0. The van der Waals surface area contributed by atoms with Crippen molar-refractivity contribution in [2.75, 3.05) is 19.6 Å². The molecule has 100 valence electrons. The molecule has 1 fully saturated rings. The maximum Gasteiger partial charge on any atom is 0.282 e. The average Bonchev–Trinajstić information content (AvgIpc) is 2.25. The van der Waals surface area contributed by atoms with E-state index in [1.165, 1.54) is 4.31 Å². The fourth-order valence-electron chi connectivity index (χ4n) is 2.09. The monoisotopic (exact) mass is 279 g/mol. The van der Waals surface area contributed by atoms with Crippen molar-refractivity contribution in [3.05, 3.63) is 0 Å². The summed E-state index contributed by atoms with van der Waals surface area (Å²) >= 11 is 4.79. The zero-order valence-corrected chi connectivity index (χ0v) is 12.1. The maximum atomic E-state index is 12.4. The molecule has 0 radical (unpaired) electrons. The second kappa shape index (κ2) is 6.08. The zero-order valence-electron chi connectivity index (χ0n) is 10.4. The Morgan fingerprint density at radius 1 is 1.53 bits per heavy atom. The third-order valence-electron chi connectivity index (χ3n) is 3.05. The highest BCUT2D eigenvalue weighted by Crippen LogP contribution is 2.21. The summed E-state index contributed by atoms with van der Waals surface area (Å²) in [7, 11) is -3.42. The molecule has 0 bridgehead atoms. The van der Waals surface area contributed by atoms with Gasteiger partial charge in [0.2, 0.25) is 0 Å². The Balaban J connectivity index is 2.86. The lowest BCUT2D eigenvalue weighted by Gasteiger charge is -2.35. The minimum Gasteiger partial charge on any atom is -0.392 e. The van der Waals surface area contributed by atoms with Gasteiger partial charge in [-0.15, -0.1) is 0 Å². The highest BCUT2D eigenvalue weighted by atomic mass is 32.2. The molecule has 0 aliphatic carbocycles. The van der Waals surface area contributed by atoms with Gasteiger partial charge < -0.3 is 5.73 Å². The molecular weight excluding hydrogens is 258 g/mol. The normalized spacial score (nSPS) is 22.9. The van der Waals surface area contributed by atoms with Gasteiger partial charge >= 0.3 is 0 Å². The molecule has 0 aromatic heterocycles. The molecule has 0 saturated carbocycles. The number of hydrogen-bond donors (Lipinski definition) is 1. The first-order valence-corrected chi connectivity index (χ1v) is 7.75. The van der Waals surface area contributed by atoms with Gasteiger partial charge in [-0.05, 0) is 19.8 Å². The van der Waals surface area contributed by atoms with Gasteiger partial charge in [-0.3, -0.25) is 0 Å². The van der Waals surface area contributed by atoms with E-state index in [0.717, 1.165) is 19.3 Å². The fraction of sp³-hybridized carbons (Fsp3) is 0.900. The highest BCUT2D eigenvalue weighted by Gasteiger charge is 2.33. The first kappa shape index (κ1) is 14.8. The summed E-state index contributed by atoms with van der Waals surface area (Å²) in [5.74, 6) is 0. The van der Waals surface area contributed by atoms with Crippen molar-refractivity contribution in [3.63, 3.8) is 0 Å². The molecule has 1 saturated heterocycles. The van der Waals surface area contributed by atoms with Crippen LogP contribution in [-0.2, 0) is 10.2 Å². The Morgan fingerprint density at radius 3 is 2.65 bits per heavy atom. The van der Waals surface area contributed by atoms with Crippen LogP contribution in [-0.4, -0.2) is 47.7 Å². The number of thiocarbonyl (C=S) groups is 1. The van der Waals surface area contributed by atoms with E-state index < -0.39 is 10.2 Å². The minimum atomic E-state index is -3.42. The van der Waals surface area contributed by atoms with Gasteiger partial charge in [0.05, 0.1) is 11.5 Å². The third kappa shape index (κ3) is 3.61. The van der Waals surface area contributed by atoms with Gasteiger partial charge in [0.25, 0.3) is 10.2 Å². The van der Waals surface area contributed by atoms with E-state index in [1.807, 2.05) is 6.92 Å². The van der Waals surface area contributed by atoms with Crippen LogP contribution in [0.5, 0.6) is 0 Å². The van der Waals surface area contributed by atoms with E-state index >= 15 is 0 Å². The van der Waals surface area contributed by atoms with Crippen molar-refractivity contribution >= 4 is 27.4 Å². The van der Waals surface area contributed by atoms with Crippen LogP contribution in [0.3, 0.4) is 0 Å². The lowest BCUT2D eigenvalue weighted by atomic mass is 10.1. The fourth-order valence-corrected chi connectivity index (χ4v) is 4.18. The van der Waals surface area contributed by atoms with Crippen molar-refractivity contribution in [1.29, 1.82) is 0 Å². The van der Waals surface area contributed by atoms with E-state index in [1.54, 1.807) is 11.2 Å². The van der Waals surface area contributed by atoms with E-state index in [9.17, 15) is 8.42 Å². The van der Waals surface area contributed by atoms with Gasteiger partial charge in [-0.25, -0.2) is 0 Å². The van der Waals surface area contributed by atoms with Crippen LogP contribution < -0.4 is 5.73 Å². The number of nitrogens with two attached hydrogens (primary N) is 1. The van der Waals surface area contributed by atoms with Crippen LogP contribution in [0.4, 0.5) is 0 Å². The van der Waals surface area contributed by atoms with Gasteiger partial charge in [0.1, 0.15) is 0 Å². The quantitative estimate of drug-likeness (QED) is 0.753. The van der Waals surface area contributed by atoms with Crippen LogP contribution in [0.2, 0.25) is 0 Å². The Bertz CT molecular complexity index is 370. The highest BCUT2D eigenvalue weighted by molar-refractivity contribution is 7.87. The van der Waals surface area contributed by atoms with E-state index in [-0.39, 0.29) is 17.6 Å². The average molecular weight is 279 g/mol. The van der Waals surface area contributed by atoms with Crippen LogP contribution in [0, 0.1) is 0 Å². The molecule has 2 N–H and O–H groups in total. The second-order valence-electron chi connectivity index (χ2n) is 4.36. The van der Waals surface area contributed by atoms with Gasteiger partial charge in [0.15, 0.2) is 0 Å². The third-order valence-corrected chi connectivity index (χ3v) is 5.35. The molecular formula is C10H21N3O2S2. The van der Waals surface area contributed by atoms with Crippen molar-refractivity contribution in [2.24, 2.45) is 5.73 Å². The molecule has 1 aliphatic rings. The zero-order chi connectivity index (χ0) is 13.1. The molecule has 1 unspecified atom stereocenters. The molecule has 0 amide bonds. The number of rotatable bonds is 5. The van der Waals surface area contributed by atoms with Gasteiger partial charge in [0, 0.05) is 19.1 Å².